The van der Waals surface area contributed by atoms with E-state index in [1.54, 1.807) is 10.7 Å². The maximum absolute atomic E-state index is 13.1. The number of imidazole rings is 1. The van der Waals surface area contributed by atoms with Crippen molar-refractivity contribution < 1.29 is 13.5 Å². The molecular formula is C22H23F2N7O. The predicted molar refractivity (Wildman–Crippen MR) is 115 cm³/mol. The first-order valence-electron chi connectivity index (χ1n) is 10.9. The van der Waals surface area contributed by atoms with E-state index < -0.39 is 5.92 Å². The Kier molecular flexibility index (Phi) is 4.39. The summed E-state index contributed by atoms with van der Waals surface area (Å²) in [7, 11) is 0. The van der Waals surface area contributed by atoms with Crippen molar-refractivity contribution in [3.63, 3.8) is 0 Å². The Hall–Kier alpha value is -3.14. The molecule has 5 heterocycles. The van der Waals surface area contributed by atoms with E-state index in [1.807, 2.05) is 25.4 Å². The first-order valence-corrected chi connectivity index (χ1v) is 10.9. The van der Waals surface area contributed by atoms with Gasteiger partial charge in [0.25, 0.3) is 5.92 Å². The molecule has 8 nitrogen and oxygen atoms in total. The lowest BCUT2D eigenvalue weighted by atomic mass is 9.88. The van der Waals surface area contributed by atoms with Gasteiger partial charge in [0.15, 0.2) is 5.65 Å². The molecule has 4 aromatic rings. The molecule has 0 bridgehead atoms. The number of aromatic nitrogens is 6. The SMILES string of the molecule is Cc1nc2ncc(-c3ccn4nc(NC5CC(F)(F)C5)ncc34)cc2n1C1CCOCC1. The molecule has 6 rings (SSSR count). The number of rotatable bonds is 4. The van der Waals surface area contributed by atoms with Crippen molar-refractivity contribution in [2.75, 3.05) is 18.5 Å². The van der Waals surface area contributed by atoms with Gasteiger partial charge in [-0.3, -0.25) is 0 Å². The number of halogens is 2. The lowest BCUT2D eigenvalue weighted by molar-refractivity contribution is -0.0795. The zero-order valence-electron chi connectivity index (χ0n) is 17.6. The minimum absolute atomic E-state index is 0.183. The molecular weight excluding hydrogens is 416 g/mol. The Morgan fingerprint density at radius 1 is 1.12 bits per heavy atom. The van der Waals surface area contributed by atoms with Crippen LogP contribution in [0.1, 0.15) is 37.5 Å². The lowest BCUT2D eigenvalue weighted by Crippen LogP contribution is -2.44. The number of hydrogen-bond donors (Lipinski definition) is 1. The van der Waals surface area contributed by atoms with E-state index >= 15 is 0 Å². The Morgan fingerprint density at radius 3 is 2.72 bits per heavy atom. The van der Waals surface area contributed by atoms with Crippen molar-refractivity contribution in [1.29, 1.82) is 0 Å². The lowest BCUT2D eigenvalue weighted by Gasteiger charge is -2.35. The number of alkyl halides is 2. The first kappa shape index (κ1) is 19.5. The average molecular weight is 439 g/mol. The Morgan fingerprint density at radius 2 is 1.94 bits per heavy atom. The summed E-state index contributed by atoms with van der Waals surface area (Å²) in [6.07, 6.45) is 6.94. The average Bonchev–Trinajstić information content (AvgIpc) is 3.32. The molecule has 1 N–H and O–H groups in total. The zero-order valence-corrected chi connectivity index (χ0v) is 17.6. The summed E-state index contributed by atoms with van der Waals surface area (Å²) in [4.78, 5) is 13.6. The van der Waals surface area contributed by atoms with Gasteiger partial charge in [-0.1, -0.05) is 0 Å². The van der Waals surface area contributed by atoms with Gasteiger partial charge >= 0.3 is 0 Å². The molecule has 10 heteroatoms. The van der Waals surface area contributed by atoms with Crippen LogP contribution in [0.2, 0.25) is 0 Å². The third-order valence-electron chi connectivity index (χ3n) is 6.43. The van der Waals surface area contributed by atoms with Crippen molar-refractivity contribution in [2.24, 2.45) is 0 Å². The fourth-order valence-corrected chi connectivity index (χ4v) is 4.80. The molecule has 32 heavy (non-hydrogen) atoms. The summed E-state index contributed by atoms with van der Waals surface area (Å²) >= 11 is 0. The van der Waals surface area contributed by atoms with Gasteiger partial charge in [-0.15, -0.1) is 5.10 Å². The van der Waals surface area contributed by atoms with Crippen molar-refractivity contribution >= 4 is 22.6 Å². The van der Waals surface area contributed by atoms with Crippen molar-refractivity contribution in [2.45, 2.75) is 50.6 Å². The number of fused-ring (bicyclic) bond motifs is 2. The highest BCUT2D eigenvalue weighted by atomic mass is 19.3. The summed E-state index contributed by atoms with van der Waals surface area (Å²) < 4.78 is 35.7. The summed E-state index contributed by atoms with van der Waals surface area (Å²) in [6, 6.07) is 4.15. The summed E-state index contributed by atoms with van der Waals surface area (Å²) in [5, 5.41) is 7.43. The van der Waals surface area contributed by atoms with Gasteiger partial charge < -0.3 is 14.6 Å². The Balaban J connectivity index is 1.33. The number of nitrogens with one attached hydrogen (secondary N) is 1. The summed E-state index contributed by atoms with van der Waals surface area (Å²) in [5.41, 5.74) is 4.48. The van der Waals surface area contributed by atoms with Crippen LogP contribution in [-0.2, 0) is 4.74 Å². The normalized spacial score (nSPS) is 19.5. The highest BCUT2D eigenvalue weighted by Gasteiger charge is 2.45. The van der Waals surface area contributed by atoms with Crippen LogP contribution in [0.15, 0.2) is 30.7 Å². The smallest absolute Gasteiger partial charge is 0.252 e. The van der Waals surface area contributed by atoms with E-state index in [-0.39, 0.29) is 18.9 Å². The molecule has 2 fully saturated rings. The topological polar surface area (TPSA) is 82.2 Å². The van der Waals surface area contributed by atoms with Crippen LogP contribution < -0.4 is 5.32 Å². The molecule has 0 atom stereocenters. The third-order valence-corrected chi connectivity index (χ3v) is 6.43. The first-order chi connectivity index (χ1) is 15.5. The van der Waals surface area contributed by atoms with E-state index in [0.717, 1.165) is 59.7 Å². The molecule has 4 aromatic heterocycles. The largest absolute Gasteiger partial charge is 0.381 e. The van der Waals surface area contributed by atoms with Crippen molar-refractivity contribution in [3.05, 3.63) is 36.5 Å². The molecule has 1 aliphatic heterocycles. The van der Waals surface area contributed by atoms with Crippen LogP contribution in [-0.4, -0.2) is 54.3 Å². The van der Waals surface area contributed by atoms with E-state index in [4.69, 9.17) is 4.74 Å². The highest BCUT2D eigenvalue weighted by Crippen LogP contribution is 2.38. The molecule has 0 amide bonds. The van der Waals surface area contributed by atoms with Crippen LogP contribution in [0.5, 0.6) is 0 Å². The number of anilines is 1. The molecule has 1 saturated heterocycles. The third kappa shape index (κ3) is 3.29. The van der Waals surface area contributed by atoms with Gasteiger partial charge in [-0.05, 0) is 31.9 Å². The van der Waals surface area contributed by atoms with Crippen LogP contribution in [0, 0.1) is 6.92 Å². The van der Waals surface area contributed by atoms with Crippen molar-refractivity contribution in [1.82, 2.24) is 29.1 Å². The second-order valence-electron chi connectivity index (χ2n) is 8.69. The van der Waals surface area contributed by atoms with Gasteiger partial charge in [0.2, 0.25) is 5.95 Å². The minimum atomic E-state index is -2.58. The molecule has 0 unspecified atom stereocenters. The Labute approximate surface area is 182 Å². The molecule has 0 spiro atoms. The second kappa shape index (κ2) is 7.19. The number of nitrogens with zero attached hydrogens (tertiary/aromatic N) is 6. The molecule has 1 aliphatic carbocycles. The second-order valence-corrected chi connectivity index (χ2v) is 8.69. The maximum Gasteiger partial charge on any atom is 0.252 e. The molecule has 0 aromatic carbocycles. The van der Waals surface area contributed by atoms with Gasteiger partial charge in [0.05, 0.1) is 17.2 Å². The van der Waals surface area contributed by atoms with E-state index in [0.29, 0.717) is 12.0 Å². The molecule has 1 saturated carbocycles. The molecule has 166 valence electrons. The predicted octanol–water partition coefficient (Wildman–Crippen LogP) is 4.01. The fourth-order valence-electron chi connectivity index (χ4n) is 4.80. The van der Waals surface area contributed by atoms with Crippen LogP contribution >= 0.6 is 0 Å². The summed E-state index contributed by atoms with van der Waals surface area (Å²) in [6.45, 7) is 3.53. The monoisotopic (exact) mass is 439 g/mol. The fraction of sp³-hybridized carbons (Fsp3) is 0.455. The van der Waals surface area contributed by atoms with Gasteiger partial charge in [-0.2, -0.15) is 0 Å². The standard InChI is InChI=1S/C22H23F2N7O/c1-13-27-20-18(31(13)16-3-6-32-7-4-16)8-14(11-25-20)17-2-5-30-19(17)12-26-21(29-30)28-15-9-22(23,24)10-15/h2,5,8,11-12,15-16H,3-4,6-7,9-10H2,1H3,(H,28,29). The van der Waals surface area contributed by atoms with Gasteiger partial charge in [0, 0.05) is 61.7 Å². The van der Waals surface area contributed by atoms with E-state index in [2.05, 4.69) is 36.0 Å². The van der Waals surface area contributed by atoms with Crippen LogP contribution in [0.4, 0.5) is 14.7 Å². The highest BCUT2D eigenvalue weighted by molar-refractivity contribution is 5.85. The quantitative estimate of drug-likeness (QED) is 0.517. The summed E-state index contributed by atoms with van der Waals surface area (Å²) in [5.74, 6) is -1.27. The number of ether oxygens (including phenoxy) is 1. The van der Waals surface area contributed by atoms with Crippen molar-refractivity contribution in [3.8, 4) is 11.1 Å². The number of aryl methyl sites for hydroxylation is 1. The Bertz CT molecular complexity index is 1300. The maximum atomic E-state index is 13.1. The van der Waals surface area contributed by atoms with E-state index in [9.17, 15) is 8.78 Å². The van der Waals surface area contributed by atoms with Crippen LogP contribution in [0.3, 0.4) is 0 Å². The number of pyridine rings is 1. The molecule has 0 radical (unpaired) electrons. The molecule has 2 aliphatic rings. The van der Waals surface area contributed by atoms with Gasteiger partial charge in [0.1, 0.15) is 5.82 Å². The zero-order chi connectivity index (χ0) is 21.9. The van der Waals surface area contributed by atoms with Gasteiger partial charge in [-0.25, -0.2) is 28.2 Å². The van der Waals surface area contributed by atoms with Crippen LogP contribution in [0.25, 0.3) is 27.8 Å². The minimum Gasteiger partial charge on any atom is -0.381 e. The van der Waals surface area contributed by atoms with E-state index in [1.165, 1.54) is 0 Å². The number of hydrogen-bond acceptors (Lipinski definition) is 6.